The number of phenolic OH excluding ortho intramolecular Hbond substituents is 1. The summed E-state index contributed by atoms with van der Waals surface area (Å²) >= 11 is 3.36. The number of ether oxygens (including phenoxy) is 1. The zero-order chi connectivity index (χ0) is 13.0. The number of rotatable bonds is 4. The zero-order valence-electron chi connectivity index (χ0n) is 9.71. The molecule has 3 N–H and O–H groups in total. The highest BCUT2D eigenvalue weighted by atomic mass is 79.9. The van der Waals surface area contributed by atoms with Crippen molar-refractivity contribution in [2.45, 2.75) is 6.04 Å². The van der Waals surface area contributed by atoms with E-state index in [0.717, 1.165) is 15.8 Å². The minimum atomic E-state index is -0.263. The minimum Gasteiger partial charge on any atom is -0.508 e. The number of nitrogens with two attached hydrogens (primary N) is 1. The van der Waals surface area contributed by atoms with Gasteiger partial charge in [0.1, 0.15) is 18.1 Å². The molecule has 0 fully saturated rings. The second-order valence-electron chi connectivity index (χ2n) is 3.97. The highest BCUT2D eigenvalue weighted by molar-refractivity contribution is 9.10. The maximum Gasteiger partial charge on any atom is 0.119 e. The van der Waals surface area contributed by atoms with Gasteiger partial charge in [0, 0.05) is 4.47 Å². The molecule has 0 aliphatic rings. The minimum absolute atomic E-state index is 0.214. The molecule has 2 aromatic carbocycles. The van der Waals surface area contributed by atoms with Gasteiger partial charge in [-0.25, -0.2) is 0 Å². The molecular formula is C14H14BrNO2. The van der Waals surface area contributed by atoms with Crippen LogP contribution in [0.5, 0.6) is 11.5 Å². The zero-order valence-corrected chi connectivity index (χ0v) is 11.3. The van der Waals surface area contributed by atoms with Gasteiger partial charge in [0.05, 0.1) is 6.04 Å². The van der Waals surface area contributed by atoms with Gasteiger partial charge in [0.25, 0.3) is 0 Å². The van der Waals surface area contributed by atoms with Gasteiger partial charge in [-0.05, 0) is 42.0 Å². The van der Waals surface area contributed by atoms with Crippen molar-refractivity contribution in [3.05, 3.63) is 58.6 Å². The highest BCUT2D eigenvalue weighted by Gasteiger charge is 2.07. The molecule has 2 aromatic rings. The molecule has 0 saturated carbocycles. The van der Waals surface area contributed by atoms with Gasteiger partial charge in [0.15, 0.2) is 0 Å². The smallest absolute Gasteiger partial charge is 0.119 e. The van der Waals surface area contributed by atoms with Crippen LogP contribution in [-0.2, 0) is 0 Å². The van der Waals surface area contributed by atoms with Crippen molar-refractivity contribution in [1.82, 2.24) is 0 Å². The molecule has 0 spiro atoms. The van der Waals surface area contributed by atoms with Gasteiger partial charge in [-0.1, -0.05) is 28.1 Å². The van der Waals surface area contributed by atoms with E-state index in [2.05, 4.69) is 15.9 Å². The van der Waals surface area contributed by atoms with Gasteiger partial charge in [0.2, 0.25) is 0 Å². The van der Waals surface area contributed by atoms with Crippen molar-refractivity contribution in [3.63, 3.8) is 0 Å². The lowest BCUT2D eigenvalue weighted by molar-refractivity contribution is 0.290. The Morgan fingerprint density at radius 2 is 1.89 bits per heavy atom. The first-order chi connectivity index (χ1) is 8.65. The van der Waals surface area contributed by atoms with E-state index in [1.165, 1.54) is 0 Å². The number of halogens is 1. The first-order valence-electron chi connectivity index (χ1n) is 5.58. The Labute approximate surface area is 114 Å². The Morgan fingerprint density at radius 3 is 2.56 bits per heavy atom. The molecule has 0 aromatic heterocycles. The van der Waals surface area contributed by atoms with Crippen LogP contribution in [0.1, 0.15) is 11.6 Å². The summed E-state index contributed by atoms with van der Waals surface area (Å²) in [5.74, 6) is 0.986. The quantitative estimate of drug-likeness (QED) is 0.912. The molecule has 94 valence electrons. The SMILES string of the molecule is NC(COc1ccc(Br)cc1)c1cccc(O)c1. The van der Waals surface area contributed by atoms with E-state index in [1.54, 1.807) is 18.2 Å². The largest absolute Gasteiger partial charge is 0.508 e. The van der Waals surface area contributed by atoms with Crippen molar-refractivity contribution in [2.24, 2.45) is 5.73 Å². The number of benzene rings is 2. The van der Waals surface area contributed by atoms with E-state index < -0.39 is 0 Å². The Hall–Kier alpha value is -1.52. The summed E-state index contributed by atoms with van der Waals surface area (Å²) in [4.78, 5) is 0. The van der Waals surface area contributed by atoms with E-state index in [0.29, 0.717) is 6.61 Å². The lowest BCUT2D eigenvalue weighted by Crippen LogP contribution is -2.18. The number of hydrogen-bond acceptors (Lipinski definition) is 3. The topological polar surface area (TPSA) is 55.5 Å². The lowest BCUT2D eigenvalue weighted by atomic mass is 10.1. The Morgan fingerprint density at radius 1 is 1.17 bits per heavy atom. The summed E-state index contributed by atoms with van der Waals surface area (Å²) in [6, 6.07) is 14.2. The van der Waals surface area contributed by atoms with Crippen molar-refractivity contribution in [2.75, 3.05) is 6.61 Å². The maximum absolute atomic E-state index is 9.38. The van der Waals surface area contributed by atoms with Crippen LogP contribution in [0.15, 0.2) is 53.0 Å². The summed E-state index contributed by atoms with van der Waals surface area (Å²) < 4.78 is 6.60. The number of phenols is 1. The molecule has 0 aliphatic heterocycles. The van der Waals surface area contributed by atoms with Crippen LogP contribution in [0.2, 0.25) is 0 Å². The highest BCUT2D eigenvalue weighted by Crippen LogP contribution is 2.20. The van der Waals surface area contributed by atoms with Gasteiger partial charge in [-0.3, -0.25) is 0 Å². The van der Waals surface area contributed by atoms with Crippen LogP contribution in [-0.4, -0.2) is 11.7 Å². The molecule has 1 unspecified atom stereocenters. The Balaban J connectivity index is 1.96. The molecule has 0 radical (unpaired) electrons. The summed E-state index contributed by atoms with van der Waals surface area (Å²) in [6.45, 7) is 0.366. The standard InChI is InChI=1S/C14H14BrNO2/c15-11-4-6-13(7-5-11)18-9-14(16)10-2-1-3-12(17)8-10/h1-8,14,17H,9,16H2. The van der Waals surface area contributed by atoms with Gasteiger partial charge in [-0.15, -0.1) is 0 Å². The second kappa shape index (κ2) is 5.89. The van der Waals surface area contributed by atoms with E-state index in [-0.39, 0.29) is 11.8 Å². The fourth-order valence-electron chi connectivity index (χ4n) is 1.57. The molecule has 0 amide bonds. The molecule has 0 saturated heterocycles. The number of hydrogen-bond donors (Lipinski definition) is 2. The average Bonchev–Trinajstić information content (AvgIpc) is 2.38. The van der Waals surface area contributed by atoms with Crippen molar-refractivity contribution < 1.29 is 9.84 Å². The van der Waals surface area contributed by atoms with E-state index >= 15 is 0 Å². The summed E-state index contributed by atoms with van der Waals surface area (Å²) in [5.41, 5.74) is 6.85. The molecule has 2 rings (SSSR count). The Bertz CT molecular complexity index is 513. The number of aromatic hydroxyl groups is 1. The van der Waals surface area contributed by atoms with E-state index in [9.17, 15) is 5.11 Å². The van der Waals surface area contributed by atoms with Gasteiger partial charge >= 0.3 is 0 Å². The van der Waals surface area contributed by atoms with Crippen LogP contribution < -0.4 is 10.5 Å². The summed E-state index contributed by atoms with van der Waals surface area (Å²) in [6.07, 6.45) is 0. The van der Waals surface area contributed by atoms with Gasteiger partial charge < -0.3 is 15.6 Å². The normalized spacial score (nSPS) is 12.1. The van der Waals surface area contributed by atoms with Gasteiger partial charge in [-0.2, -0.15) is 0 Å². The third-order valence-electron chi connectivity index (χ3n) is 2.54. The molecule has 4 heteroatoms. The van der Waals surface area contributed by atoms with E-state index in [4.69, 9.17) is 10.5 Å². The predicted octanol–water partition coefficient (Wildman–Crippen LogP) is 3.23. The molecule has 3 nitrogen and oxygen atoms in total. The fraction of sp³-hybridized carbons (Fsp3) is 0.143. The van der Waals surface area contributed by atoms with Crippen LogP contribution >= 0.6 is 15.9 Å². The summed E-state index contributed by atoms with van der Waals surface area (Å²) in [7, 11) is 0. The van der Waals surface area contributed by atoms with Crippen LogP contribution in [0.4, 0.5) is 0 Å². The first-order valence-corrected chi connectivity index (χ1v) is 6.37. The maximum atomic E-state index is 9.38. The van der Waals surface area contributed by atoms with Crippen molar-refractivity contribution >= 4 is 15.9 Å². The van der Waals surface area contributed by atoms with E-state index in [1.807, 2.05) is 30.3 Å². The van der Waals surface area contributed by atoms with Crippen LogP contribution in [0.25, 0.3) is 0 Å². The summed E-state index contributed by atoms with van der Waals surface area (Å²) in [5, 5.41) is 9.38. The Kier molecular flexibility index (Phi) is 4.23. The monoisotopic (exact) mass is 307 g/mol. The third kappa shape index (κ3) is 3.48. The molecule has 1 atom stereocenters. The molecule has 0 heterocycles. The molecule has 18 heavy (non-hydrogen) atoms. The average molecular weight is 308 g/mol. The third-order valence-corrected chi connectivity index (χ3v) is 3.07. The fourth-order valence-corrected chi connectivity index (χ4v) is 1.83. The molecule has 0 aliphatic carbocycles. The van der Waals surface area contributed by atoms with Crippen LogP contribution in [0, 0.1) is 0 Å². The first kappa shape index (κ1) is 12.9. The second-order valence-corrected chi connectivity index (χ2v) is 4.88. The molecule has 0 bridgehead atoms. The molecular weight excluding hydrogens is 294 g/mol. The predicted molar refractivity (Wildman–Crippen MR) is 74.7 cm³/mol. The van der Waals surface area contributed by atoms with Crippen molar-refractivity contribution in [3.8, 4) is 11.5 Å². The van der Waals surface area contributed by atoms with Crippen LogP contribution in [0.3, 0.4) is 0 Å². The lowest BCUT2D eigenvalue weighted by Gasteiger charge is -2.13. The van der Waals surface area contributed by atoms with Crippen molar-refractivity contribution in [1.29, 1.82) is 0 Å².